The van der Waals surface area contributed by atoms with Gasteiger partial charge in [-0.15, -0.1) is 0 Å². The summed E-state index contributed by atoms with van der Waals surface area (Å²) in [4.78, 5) is 15.8. The molecule has 0 aliphatic rings. The maximum atomic E-state index is 12.0. The molecule has 0 saturated carbocycles. The predicted molar refractivity (Wildman–Crippen MR) is 80.0 cm³/mol. The summed E-state index contributed by atoms with van der Waals surface area (Å²) >= 11 is 0. The van der Waals surface area contributed by atoms with Crippen molar-refractivity contribution in [1.82, 2.24) is 9.82 Å². The van der Waals surface area contributed by atoms with Crippen molar-refractivity contribution in [3.63, 3.8) is 0 Å². The van der Waals surface area contributed by atoms with Crippen LogP contribution in [-0.4, -0.2) is 24.5 Å². The zero-order valence-electron chi connectivity index (χ0n) is 11.5. The molecule has 2 aromatic rings. The minimum absolute atomic E-state index is 0.225. The average molecular weight is 320 g/mol. The molecule has 9 heteroatoms. The van der Waals surface area contributed by atoms with E-state index in [1.807, 2.05) is 4.83 Å². The lowest BCUT2D eigenvalue weighted by atomic mass is 10.2. The monoisotopic (exact) mass is 320 g/mol. The molecule has 114 valence electrons. The number of benzene rings is 1. The van der Waals surface area contributed by atoms with Gasteiger partial charge in [0.2, 0.25) is 0 Å². The summed E-state index contributed by atoms with van der Waals surface area (Å²) in [6.45, 7) is 1.53. The summed E-state index contributed by atoms with van der Waals surface area (Å²) in [6.07, 6.45) is 4.39. The maximum absolute atomic E-state index is 12.0. The second-order valence-electron chi connectivity index (χ2n) is 4.34. The summed E-state index contributed by atoms with van der Waals surface area (Å²) in [5, 5.41) is 14.5. The molecule has 0 fully saturated rings. The molecule has 1 N–H and O–H groups in total. The van der Waals surface area contributed by atoms with Gasteiger partial charge >= 0.3 is 0 Å². The smallest absolute Gasteiger partial charge is 0.265 e. The lowest BCUT2D eigenvalue weighted by molar-refractivity contribution is -0.385. The third-order valence-electron chi connectivity index (χ3n) is 2.78. The van der Waals surface area contributed by atoms with Gasteiger partial charge in [-0.1, -0.05) is 6.07 Å². The van der Waals surface area contributed by atoms with Crippen molar-refractivity contribution < 1.29 is 13.3 Å². The topological polar surface area (TPSA) is 115 Å². The molecule has 0 radical (unpaired) electrons. The number of nitro benzene ring substituents is 1. The van der Waals surface area contributed by atoms with Crippen LogP contribution in [0.25, 0.3) is 0 Å². The van der Waals surface area contributed by atoms with E-state index in [0.29, 0.717) is 11.1 Å². The van der Waals surface area contributed by atoms with Crippen LogP contribution in [0.5, 0.6) is 0 Å². The Labute approximate surface area is 126 Å². The molecule has 0 unspecified atom stereocenters. The standard InChI is InChI=1S/C13H12N4O4S/c1-10-2-3-12(8-13(10)17(18)19)22(20,21)16-15-9-11-4-6-14-7-5-11/h2-9,16H,1H3/b15-9-. The van der Waals surface area contributed by atoms with Gasteiger partial charge in [-0.3, -0.25) is 15.1 Å². The van der Waals surface area contributed by atoms with Crippen LogP contribution in [0.1, 0.15) is 11.1 Å². The van der Waals surface area contributed by atoms with Crippen LogP contribution < -0.4 is 4.83 Å². The van der Waals surface area contributed by atoms with E-state index >= 15 is 0 Å². The second-order valence-corrected chi connectivity index (χ2v) is 6.00. The largest absolute Gasteiger partial charge is 0.276 e. The number of nitrogens with one attached hydrogen (secondary N) is 1. The van der Waals surface area contributed by atoms with Crippen LogP contribution in [0, 0.1) is 17.0 Å². The molecular formula is C13H12N4O4S. The number of aromatic nitrogens is 1. The zero-order chi connectivity index (χ0) is 16.2. The number of hydrazone groups is 1. The van der Waals surface area contributed by atoms with Crippen LogP contribution in [0.2, 0.25) is 0 Å². The fourth-order valence-corrected chi connectivity index (χ4v) is 2.44. The van der Waals surface area contributed by atoms with E-state index in [1.165, 1.54) is 25.3 Å². The average Bonchev–Trinajstić information content (AvgIpc) is 2.48. The normalized spacial score (nSPS) is 11.5. The maximum Gasteiger partial charge on any atom is 0.276 e. The zero-order valence-corrected chi connectivity index (χ0v) is 12.3. The fourth-order valence-electron chi connectivity index (χ4n) is 1.63. The first-order valence-electron chi connectivity index (χ1n) is 6.10. The minimum Gasteiger partial charge on any atom is -0.265 e. The first-order chi connectivity index (χ1) is 10.4. The Balaban J connectivity index is 2.22. The molecule has 0 atom stereocenters. The summed E-state index contributed by atoms with van der Waals surface area (Å²) in [5.41, 5.74) is 0.776. The number of hydrogen-bond donors (Lipinski definition) is 1. The van der Waals surface area contributed by atoms with Gasteiger partial charge in [0, 0.05) is 24.0 Å². The highest BCUT2D eigenvalue weighted by Gasteiger charge is 2.19. The highest BCUT2D eigenvalue weighted by atomic mass is 32.2. The quantitative estimate of drug-likeness (QED) is 0.510. The number of hydrogen-bond acceptors (Lipinski definition) is 6. The van der Waals surface area contributed by atoms with Gasteiger partial charge in [-0.05, 0) is 30.7 Å². The Morgan fingerprint density at radius 1 is 1.27 bits per heavy atom. The Kier molecular flexibility index (Phi) is 4.47. The third kappa shape index (κ3) is 3.64. The number of pyridine rings is 1. The molecule has 0 spiro atoms. The summed E-state index contributed by atoms with van der Waals surface area (Å²) < 4.78 is 24.1. The Hall–Kier alpha value is -2.81. The lowest BCUT2D eigenvalue weighted by Crippen LogP contribution is -2.18. The van der Waals surface area contributed by atoms with Crippen molar-refractivity contribution in [2.45, 2.75) is 11.8 Å². The van der Waals surface area contributed by atoms with E-state index in [9.17, 15) is 18.5 Å². The van der Waals surface area contributed by atoms with Crippen LogP contribution in [0.4, 0.5) is 5.69 Å². The molecule has 22 heavy (non-hydrogen) atoms. The molecule has 0 saturated heterocycles. The van der Waals surface area contributed by atoms with E-state index in [1.54, 1.807) is 24.5 Å². The van der Waals surface area contributed by atoms with Crippen molar-refractivity contribution in [3.8, 4) is 0 Å². The number of sulfonamides is 1. The third-order valence-corrected chi connectivity index (χ3v) is 4.00. The molecule has 1 heterocycles. The van der Waals surface area contributed by atoms with Crippen molar-refractivity contribution in [3.05, 3.63) is 64.0 Å². The first-order valence-corrected chi connectivity index (χ1v) is 7.58. The van der Waals surface area contributed by atoms with E-state index in [0.717, 1.165) is 6.07 Å². The van der Waals surface area contributed by atoms with Gasteiger partial charge in [0.25, 0.3) is 15.7 Å². The summed E-state index contributed by atoms with van der Waals surface area (Å²) in [7, 11) is -3.97. The van der Waals surface area contributed by atoms with Crippen molar-refractivity contribution in [2.24, 2.45) is 5.10 Å². The van der Waals surface area contributed by atoms with E-state index in [-0.39, 0.29) is 10.6 Å². The van der Waals surface area contributed by atoms with Crippen LogP contribution in [0.15, 0.2) is 52.7 Å². The van der Waals surface area contributed by atoms with Gasteiger partial charge in [0.15, 0.2) is 0 Å². The Morgan fingerprint density at radius 3 is 2.59 bits per heavy atom. The van der Waals surface area contributed by atoms with Gasteiger partial charge in [0.1, 0.15) is 0 Å². The molecule has 2 rings (SSSR count). The lowest BCUT2D eigenvalue weighted by Gasteiger charge is -2.04. The van der Waals surface area contributed by atoms with Gasteiger partial charge in [-0.2, -0.15) is 13.5 Å². The summed E-state index contributed by atoms with van der Waals surface area (Å²) in [5.74, 6) is 0. The second kappa shape index (κ2) is 6.31. The molecule has 0 aliphatic heterocycles. The highest BCUT2D eigenvalue weighted by molar-refractivity contribution is 7.89. The number of aryl methyl sites for hydroxylation is 1. The Bertz CT molecular complexity index is 819. The van der Waals surface area contributed by atoms with E-state index in [2.05, 4.69) is 10.1 Å². The van der Waals surface area contributed by atoms with Crippen LogP contribution in [0.3, 0.4) is 0 Å². The fraction of sp³-hybridized carbons (Fsp3) is 0.0769. The minimum atomic E-state index is -3.97. The van der Waals surface area contributed by atoms with Gasteiger partial charge < -0.3 is 0 Å². The van der Waals surface area contributed by atoms with Crippen molar-refractivity contribution >= 4 is 21.9 Å². The van der Waals surface area contributed by atoms with E-state index in [4.69, 9.17) is 0 Å². The van der Waals surface area contributed by atoms with Crippen molar-refractivity contribution in [1.29, 1.82) is 0 Å². The SMILES string of the molecule is Cc1ccc(S(=O)(=O)N/N=C\c2ccncc2)cc1[N+](=O)[O-]. The van der Waals surface area contributed by atoms with Crippen LogP contribution in [-0.2, 0) is 10.0 Å². The van der Waals surface area contributed by atoms with Gasteiger partial charge in [0.05, 0.1) is 16.0 Å². The molecular weight excluding hydrogens is 308 g/mol. The molecule has 1 aromatic carbocycles. The highest BCUT2D eigenvalue weighted by Crippen LogP contribution is 2.21. The van der Waals surface area contributed by atoms with Crippen molar-refractivity contribution in [2.75, 3.05) is 0 Å². The number of rotatable bonds is 5. The summed E-state index contributed by atoms with van der Waals surface area (Å²) in [6, 6.07) is 6.95. The van der Waals surface area contributed by atoms with E-state index < -0.39 is 14.9 Å². The first kappa shape index (κ1) is 15.6. The molecule has 0 aliphatic carbocycles. The molecule has 8 nitrogen and oxygen atoms in total. The Morgan fingerprint density at radius 2 is 1.95 bits per heavy atom. The molecule has 0 bridgehead atoms. The number of nitrogens with zero attached hydrogens (tertiary/aromatic N) is 3. The molecule has 1 aromatic heterocycles. The van der Waals surface area contributed by atoms with Crippen LogP contribution >= 0.6 is 0 Å². The number of nitro groups is 1. The van der Waals surface area contributed by atoms with Gasteiger partial charge in [-0.25, -0.2) is 4.83 Å². The predicted octanol–water partition coefficient (Wildman–Crippen LogP) is 1.61. The molecule has 0 amide bonds.